The Balaban J connectivity index is 1.47. The minimum absolute atomic E-state index is 0.115. The second-order valence-electron chi connectivity index (χ2n) is 6.96. The second kappa shape index (κ2) is 7.66. The SMILES string of the molecule is CCc1cc2c(=O)n(CC(=O)N3N=C(c4ccco4)C[C@H]3c3cccs3)cnc2s1. The summed E-state index contributed by atoms with van der Waals surface area (Å²) in [7, 11) is 0. The number of aryl methyl sites for hydroxylation is 1. The van der Waals surface area contributed by atoms with Crippen LogP contribution in [-0.2, 0) is 17.8 Å². The molecule has 0 aromatic carbocycles. The average molecular weight is 439 g/mol. The van der Waals surface area contributed by atoms with E-state index in [1.54, 1.807) is 23.7 Å². The molecule has 4 aromatic rings. The molecular formula is C21H18N4O3S2. The van der Waals surface area contributed by atoms with Gasteiger partial charge in [0.05, 0.1) is 24.0 Å². The molecule has 4 aromatic heterocycles. The maximum Gasteiger partial charge on any atom is 0.263 e. The fraction of sp³-hybridized carbons (Fsp3) is 0.238. The van der Waals surface area contributed by atoms with Crippen LogP contribution in [0.15, 0.2) is 62.6 Å². The van der Waals surface area contributed by atoms with Crippen LogP contribution in [0.2, 0.25) is 0 Å². The van der Waals surface area contributed by atoms with Crippen molar-refractivity contribution in [1.29, 1.82) is 0 Å². The quantitative estimate of drug-likeness (QED) is 0.471. The molecule has 0 saturated heterocycles. The molecule has 5 heterocycles. The number of hydrogen-bond acceptors (Lipinski definition) is 7. The van der Waals surface area contributed by atoms with Gasteiger partial charge in [-0.2, -0.15) is 5.10 Å². The summed E-state index contributed by atoms with van der Waals surface area (Å²) in [6.45, 7) is 1.93. The van der Waals surface area contributed by atoms with E-state index >= 15 is 0 Å². The summed E-state index contributed by atoms with van der Waals surface area (Å²) in [5.74, 6) is 0.390. The number of rotatable bonds is 5. The Morgan fingerprint density at radius 1 is 1.33 bits per heavy atom. The number of amides is 1. The van der Waals surface area contributed by atoms with Crippen LogP contribution >= 0.6 is 22.7 Å². The van der Waals surface area contributed by atoms with Crippen LogP contribution in [-0.4, -0.2) is 26.2 Å². The van der Waals surface area contributed by atoms with Crippen LogP contribution in [0.3, 0.4) is 0 Å². The van der Waals surface area contributed by atoms with Crippen molar-refractivity contribution in [3.8, 4) is 0 Å². The van der Waals surface area contributed by atoms with E-state index in [1.807, 2.05) is 36.6 Å². The van der Waals surface area contributed by atoms with Crippen molar-refractivity contribution < 1.29 is 9.21 Å². The standard InChI is InChI=1S/C21H18N4O3S2/c1-2-13-9-14-20(30-13)22-12-24(21(14)27)11-19(26)25-16(18-6-4-8-29-18)10-15(23-25)17-5-3-7-28-17/h3-9,12,16H,2,10-11H2,1H3/t16-/m0/s1. The predicted molar refractivity (Wildman–Crippen MR) is 117 cm³/mol. The molecule has 1 amide bonds. The van der Waals surface area contributed by atoms with Crippen LogP contribution in [0, 0.1) is 0 Å². The van der Waals surface area contributed by atoms with E-state index in [1.165, 1.54) is 27.2 Å². The van der Waals surface area contributed by atoms with Crippen molar-refractivity contribution in [3.05, 3.63) is 74.2 Å². The van der Waals surface area contributed by atoms with Crippen molar-refractivity contribution in [2.24, 2.45) is 5.10 Å². The molecule has 0 fully saturated rings. The number of furan rings is 1. The van der Waals surface area contributed by atoms with E-state index in [4.69, 9.17) is 4.42 Å². The van der Waals surface area contributed by atoms with E-state index in [-0.39, 0.29) is 24.1 Å². The van der Waals surface area contributed by atoms with Gasteiger partial charge in [0.1, 0.15) is 22.8 Å². The lowest BCUT2D eigenvalue weighted by Crippen LogP contribution is -2.33. The Morgan fingerprint density at radius 2 is 2.23 bits per heavy atom. The van der Waals surface area contributed by atoms with Gasteiger partial charge >= 0.3 is 0 Å². The van der Waals surface area contributed by atoms with Crippen LogP contribution in [0.25, 0.3) is 10.2 Å². The number of carbonyl (C=O) groups is 1. The number of hydrogen-bond donors (Lipinski definition) is 0. The molecule has 0 spiro atoms. The predicted octanol–water partition coefficient (Wildman–Crippen LogP) is 4.05. The Labute approximate surface area is 179 Å². The maximum absolute atomic E-state index is 13.2. The van der Waals surface area contributed by atoms with Crippen LogP contribution in [0.1, 0.15) is 34.9 Å². The summed E-state index contributed by atoms with van der Waals surface area (Å²) in [5, 5.41) is 8.57. The molecule has 152 valence electrons. The number of aromatic nitrogens is 2. The van der Waals surface area contributed by atoms with Gasteiger partial charge in [-0.3, -0.25) is 14.2 Å². The van der Waals surface area contributed by atoms with Gasteiger partial charge in [-0.1, -0.05) is 13.0 Å². The normalized spacial score (nSPS) is 16.4. The number of hydrazone groups is 1. The average Bonchev–Trinajstić information content (AvgIpc) is 3.55. The number of carbonyl (C=O) groups excluding carboxylic acids is 1. The van der Waals surface area contributed by atoms with Gasteiger partial charge in [0, 0.05) is 16.2 Å². The first kappa shape index (κ1) is 19.0. The highest BCUT2D eigenvalue weighted by Gasteiger charge is 2.34. The summed E-state index contributed by atoms with van der Waals surface area (Å²) >= 11 is 3.09. The first-order chi connectivity index (χ1) is 14.6. The Hall–Kier alpha value is -3.04. The van der Waals surface area contributed by atoms with E-state index in [0.717, 1.165) is 21.9 Å². The molecular weight excluding hydrogens is 420 g/mol. The minimum Gasteiger partial charge on any atom is -0.463 e. The van der Waals surface area contributed by atoms with Crippen molar-refractivity contribution in [2.45, 2.75) is 32.4 Å². The van der Waals surface area contributed by atoms with Crippen LogP contribution < -0.4 is 5.56 Å². The second-order valence-corrected chi connectivity index (χ2v) is 9.05. The zero-order valence-corrected chi connectivity index (χ0v) is 17.8. The van der Waals surface area contributed by atoms with Gasteiger partial charge < -0.3 is 4.42 Å². The zero-order valence-electron chi connectivity index (χ0n) is 16.1. The number of fused-ring (bicyclic) bond motifs is 1. The van der Waals surface area contributed by atoms with Crippen LogP contribution in [0.5, 0.6) is 0 Å². The van der Waals surface area contributed by atoms with Gasteiger partial charge in [-0.25, -0.2) is 9.99 Å². The lowest BCUT2D eigenvalue weighted by atomic mass is 10.1. The zero-order chi connectivity index (χ0) is 20.7. The van der Waals surface area contributed by atoms with Crippen molar-refractivity contribution >= 4 is 44.5 Å². The van der Waals surface area contributed by atoms with Gasteiger partial charge in [0.2, 0.25) is 0 Å². The minimum atomic E-state index is -0.260. The Bertz CT molecular complexity index is 1290. The summed E-state index contributed by atoms with van der Waals surface area (Å²) in [4.78, 5) is 33.3. The number of thiophene rings is 2. The van der Waals surface area contributed by atoms with E-state index in [2.05, 4.69) is 10.1 Å². The first-order valence-corrected chi connectivity index (χ1v) is 11.3. The topological polar surface area (TPSA) is 80.7 Å². The molecule has 1 aliphatic heterocycles. The molecule has 1 aliphatic rings. The van der Waals surface area contributed by atoms with Crippen molar-refractivity contribution in [2.75, 3.05) is 0 Å². The van der Waals surface area contributed by atoms with E-state index in [9.17, 15) is 9.59 Å². The monoisotopic (exact) mass is 438 g/mol. The van der Waals surface area contributed by atoms with Crippen molar-refractivity contribution in [3.63, 3.8) is 0 Å². The molecule has 0 saturated carbocycles. The molecule has 1 atom stereocenters. The summed E-state index contributed by atoms with van der Waals surface area (Å²) in [6, 6.07) is 9.24. The smallest absolute Gasteiger partial charge is 0.263 e. The third-order valence-electron chi connectivity index (χ3n) is 5.07. The molecule has 0 aliphatic carbocycles. The molecule has 5 rings (SSSR count). The maximum atomic E-state index is 13.2. The lowest BCUT2D eigenvalue weighted by Gasteiger charge is -2.21. The molecule has 0 N–H and O–H groups in total. The molecule has 9 heteroatoms. The lowest BCUT2D eigenvalue weighted by molar-refractivity contribution is -0.133. The highest BCUT2D eigenvalue weighted by Crippen LogP contribution is 2.35. The Kier molecular flexibility index (Phi) is 4.84. The van der Waals surface area contributed by atoms with Crippen molar-refractivity contribution in [1.82, 2.24) is 14.6 Å². The van der Waals surface area contributed by atoms with Gasteiger partial charge in [-0.05, 0) is 36.1 Å². The summed E-state index contributed by atoms with van der Waals surface area (Å²) in [5.41, 5.74) is 0.518. The first-order valence-electron chi connectivity index (χ1n) is 9.58. The third kappa shape index (κ3) is 3.29. The Morgan fingerprint density at radius 3 is 2.97 bits per heavy atom. The van der Waals surface area contributed by atoms with E-state index in [0.29, 0.717) is 22.4 Å². The van der Waals surface area contributed by atoms with E-state index < -0.39 is 0 Å². The summed E-state index contributed by atoms with van der Waals surface area (Å²) < 4.78 is 6.84. The molecule has 0 bridgehead atoms. The van der Waals surface area contributed by atoms with Crippen LogP contribution in [0.4, 0.5) is 0 Å². The molecule has 7 nitrogen and oxygen atoms in total. The highest BCUT2D eigenvalue weighted by molar-refractivity contribution is 7.18. The third-order valence-corrected chi connectivity index (χ3v) is 7.23. The van der Waals surface area contributed by atoms with Gasteiger partial charge in [0.25, 0.3) is 11.5 Å². The summed E-state index contributed by atoms with van der Waals surface area (Å²) in [6.07, 6.45) is 4.45. The fourth-order valence-corrected chi connectivity index (χ4v) is 5.29. The largest absolute Gasteiger partial charge is 0.463 e. The number of nitrogens with zero attached hydrogens (tertiary/aromatic N) is 4. The molecule has 0 unspecified atom stereocenters. The van der Waals surface area contributed by atoms with Gasteiger partial charge in [-0.15, -0.1) is 22.7 Å². The molecule has 30 heavy (non-hydrogen) atoms. The fourth-order valence-electron chi connectivity index (χ4n) is 3.55. The molecule has 0 radical (unpaired) electrons. The highest BCUT2D eigenvalue weighted by atomic mass is 32.1. The van der Waals surface area contributed by atoms with Gasteiger partial charge in [0.15, 0.2) is 0 Å².